The van der Waals surface area contributed by atoms with E-state index in [0.717, 1.165) is 6.04 Å². The van der Waals surface area contributed by atoms with Crippen molar-refractivity contribution in [1.82, 2.24) is 15.1 Å². The van der Waals surface area contributed by atoms with Gasteiger partial charge in [0.1, 0.15) is 0 Å². The summed E-state index contributed by atoms with van der Waals surface area (Å²) in [7, 11) is 2.07. The Kier molecular flexibility index (Phi) is 5.75. The van der Waals surface area contributed by atoms with E-state index in [1.807, 2.05) is 0 Å². The van der Waals surface area contributed by atoms with Crippen LogP contribution in [0.4, 0.5) is 0 Å². The molecule has 2 rings (SSSR count). The second kappa shape index (κ2) is 7.34. The van der Waals surface area contributed by atoms with Gasteiger partial charge in [-0.1, -0.05) is 6.42 Å². The van der Waals surface area contributed by atoms with E-state index in [1.165, 1.54) is 77.8 Å². The van der Waals surface area contributed by atoms with Crippen LogP contribution >= 0.6 is 0 Å². The van der Waals surface area contributed by atoms with E-state index >= 15 is 0 Å². The van der Waals surface area contributed by atoms with Gasteiger partial charge in [0.15, 0.2) is 0 Å². The predicted octanol–water partition coefficient (Wildman–Crippen LogP) is 1.55. The minimum absolute atomic E-state index is 0.846. The summed E-state index contributed by atoms with van der Waals surface area (Å²) in [6.45, 7) is 7.79. The maximum absolute atomic E-state index is 3.30. The van der Waals surface area contributed by atoms with Crippen molar-refractivity contribution in [2.75, 3.05) is 46.3 Å². The second-order valence-corrected chi connectivity index (χ2v) is 5.63. The largest absolute Gasteiger partial charge is 0.320 e. The lowest BCUT2D eigenvalue weighted by molar-refractivity contribution is 0.125. The van der Waals surface area contributed by atoms with Crippen molar-refractivity contribution in [3.63, 3.8) is 0 Å². The first-order valence-electron chi connectivity index (χ1n) is 7.51. The van der Waals surface area contributed by atoms with Gasteiger partial charge in [0, 0.05) is 19.1 Å². The lowest BCUT2D eigenvalue weighted by Gasteiger charge is -2.36. The SMILES string of the molecule is CNCCC1CCCCN1CCN1CCCC1. The van der Waals surface area contributed by atoms with E-state index in [9.17, 15) is 0 Å². The van der Waals surface area contributed by atoms with Crippen LogP contribution in [-0.2, 0) is 0 Å². The summed E-state index contributed by atoms with van der Waals surface area (Å²) in [5, 5.41) is 3.30. The molecule has 0 amide bonds. The molecule has 0 saturated carbocycles. The van der Waals surface area contributed by atoms with Crippen LogP contribution < -0.4 is 5.32 Å². The molecule has 17 heavy (non-hydrogen) atoms. The molecule has 1 N–H and O–H groups in total. The molecule has 0 aliphatic carbocycles. The van der Waals surface area contributed by atoms with Gasteiger partial charge in [-0.05, 0) is 65.3 Å². The monoisotopic (exact) mass is 239 g/mol. The van der Waals surface area contributed by atoms with E-state index in [4.69, 9.17) is 0 Å². The van der Waals surface area contributed by atoms with Crippen LogP contribution in [-0.4, -0.2) is 62.2 Å². The highest BCUT2D eigenvalue weighted by atomic mass is 15.2. The van der Waals surface area contributed by atoms with E-state index < -0.39 is 0 Å². The molecule has 2 fully saturated rings. The molecule has 2 heterocycles. The van der Waals surface area contributed by atoms with Crippen LogP contribution in [0.15, 0.2) is 0 Å². The molecular weight excluding hydrogens is 210 g/mol. The van der Waals surface area contributed by atoms with Gasteiger partial charge in [-0.2, -0.15) is 0 Å². The standard InChI is InChI=1S/C14H29N3/c1-15-8-7-14-6-2-3-11-17(14)13-12-16-9-4-5-10-16/h14-15H,2-13H2,1H3. The van der Waals surface area contributed by atoms with Crippen molar-refractivity contribution >= 4 is 0 Å². The molecule has 3 heteroatoms. The van der Waals surface area contributed by atoms with Gasteiger partial charge in [-0.15, -0.1) is 0 Å². The van der Waals surface area contributed by atoms with Crippen molar-refractivity contribution in [1.29, 1.82) is 0 Å². The highest BCUT2D eigenvalue weighted by Crippen LogP contribution is 2.19. The number of piperidine rings is 1. The molecule has 0 aromatic carbocycles. The lowest BCUT2D eigenvalue weighted by atomic mass is 9.99. The predicted molar refractivity (Wildman–Crippen MR) is 73.4 cm³/mol. The third-order valence-corrected chi connectivity index (χ3v) is 4.38. The molecule has 2 saturated heterocycles. The molecule has 3 nitrogen and oxygen atoms in total. The zero-order valence-corrected chi connectivity index (χ0v) is 11.5. The minimum atomic E-state index is 0.846. The number of hydrogen-bond donors (Lipinski definition) is 1. The molecule has 0 aromatic rings. The normalized spacial score (nSPS) is 27.7. The number of hydrogen-bond acceptors (Lipinski definition) is 3. The van der Waals surface area contributed by atoms with E-state index in [-0.39, 0.29) is 0 Å². The Morgan fingerprint density at radius 1 is 1.00 bits per heavy atom. The van der Waals surface area contributed by atoms with Crippen LogP contribution in [0.1, 0.15) is 38.5 Å². The first kappa shape index (κ1) is 13.3. The van der Waals surface area contributed by atoms with Gasteiger partial charge in [0.05, 0.1) is 0 Å². The van der Waals surface area contributed by atoms with Crippen molar-refractivity contribution < 1.29 is 0 Å². The van der Waals surface area contributed by atoms with Crippen molar-refractivity contribution in [2.45, 2.75) is 44.6 Å². The fraction of sp³-hybridized carbons (Fsp3) is 1.00. The zero-order valence-electron chi connectivity index (χ0n) is 11.5. The van der Waals surface area contributed by atoms with Gasteiger partial charge in [0.2, 0.25) is 0 Å². The maximum atomic E-state index is 3.30. The van der Waals surface area contributed by atoms with Crippen LogP contribution in [0.25, 0.3) is 0 Å². The van der Waals surface area contributed by atoms with Crippen LogP contribution in [0, 0.1) is 0 Å². The van der Waals surface area contributed by atoms with Gasteiger partial charge < -0.3 is 10.2 Å². The molecule has 0 aromatic heterocycles. The Morgan fingerprint density at radius 3 is 2.53 bits per heavy atom. The smallest absolute Gasteiger partial charge is 0.0112 e. The Balaban J connectivity index is 1.71. The Hall–Kier alpha value is -0.120. The number of nitrogens with zero attached hydrogens (tertiary/aromatic N) is 2. The summed E-state index contributed by atoms with van der Waals surface area (Å²) in [4.78, 5) is 5.39. The summed E-state index contributed by atoms with van der Waals surface area (Å²) in [5.41, 5.74) is 0. The summed E-state index contributed by atoms with van der Waals surface area (Å²) in [6.07, 6.45) is 8.44. The lowest BCUT2D eigenvalue weighted by Crippen LogP contribution is -2.44. The van der Waals surface area contributed by atoms with Crippen LogP contribution in [0.3, 0.4) is 0 Å². The molecular formula is C14H29N3. The number of likely N-dealkylation sites (tertiary alicyclic amines) is 2. The van der Waals surface area contributed by atoms with Gasteiger partial charge in [-0.25, -0.2) is 0 Å². The average molecular weight is 239 g/mol. The van der Waals surface area contributed by atoms with Crippen LogP contribution in [0.2, 0.25) is 0 Å². The first-order valence-corrected chi connectivity index (χ1v) is 7.51. The van der Waals surface area contributed by atoms with E-state index in [2.05, 4.69) is 22.2 Å². The molecule has 1 unspecified atom stereocenters. The fourth-order valence-corrected chi connectivity index (χ4v) is 3.27. The highest BCUT2D eigenvalue weighted by molar-refractivity contribution is 4.79. The Morgan fingerprint density at radius 2 is 1.76 bits per heavy atom. The van der Waals surface area contributed by atoms with Gasteiger partial charge >= 0.3 is 0 Å². The molecule has 0 bridgehead atoms. The number of rotatable bonds is 6. The van der Waals surface area contributed by atoms with Gasteiger partial charge in [0.25, 0.3) is 0 Å². The second-order valence-electron chi connectivity index (χ2n) is 5.63. The molecule has 0 radical (unpaired) electrons. The average Bonchev–Trinajstić information content (AvgIpc) is 2.88. The third-order valence-electron chi connectivity index (χ3n) is 4.38. The van der Waals surface area contributed by atoms with Crippen molar-refractivity contribution in [2.24, 2.45) is 0 Å². The Labute approximate surface area is 107 Å². The number of nitrogens with one attached hydrogen (secondary N) is 1. The minimum Gasteiger partial charge on any atom is -0.320 e. The zero-order chi connectivity index (χ0) is 11.9. The first-order chi connectivity index (χ1) is 8.40. The molecule has 0 spiro atoms. The summed E-state index contributed by atoms with van der Waals surface area (Å²) in [6, 6.07) is 0.846. The van der Waals surface area contributed by atoms with E-state index in [0.29, 0.717) is 0 Å². The van der Waals surface area contributed by atoms with E-state index in [1.54, 1.807) is 0 Å². The molecule has 100 valence electrons. The quantitative estimate of drug-likeness (QED) is 0.758. The highest BCUT2D eigenvalue weighted by Gasteiger charge is 2.22. The Bertz CT molecular complexity index is 202. The summed E-state index contributed by atoms with van der Waals surface area (Å²) < 4.78 is 0. The summed E-state index contributed by atoms with van der Waals surface area (Å²) >= 11 is 0. The van der Waals surface area contributed by atoms with Gasteiger partial charge in [-0.3, -0.25) is 4.90 Å². The topological polar surface area (TPSA) is 18.5 Å². The summed E-state index contributed by atoms with van der Waals surface area (Å²) in [5.74, 6) is 0. The fourth-order valence-electron chi connectivity index (χ4n) is 3.27. The molecule has 2 aliphatic rings. The van der Waals surface area contributed by atoms with Crippen molar-refractivity contribution in [3.8, 4) is 0 Å². The van der Waals surface area contributed by atoms with Crippen LogP contribution in [0.5, 0.6) is 0 Å². The molecule has 2 aliphatic heterocycles. The van der Waals surface area contributed by atoms with Crippen molar-refractivity contribution in [3.05, 3.63) is 0 Å². The third kappa shape index (κ3) is 4.23. The maximum Gasteiger partial charge on any atom is 0.0112 e. The molecule has 1 atom stereocenters.